The Morgan fingerprint density at radius 2 is 1.89 bits per heavy atom. The summed E-state index contributed by atoms with van der Waals surface area (Å²) in [5.74, 6) is 0.522. The van der Waals surface area contributed by atoms with Crippen LogP contribution in [0.2, 0.25) is 0 Å². The van der Waals surface area contributed by atoms with E-state index < -0.39 is 16.1 Å². The summed E-state index contributed by atoms with van der Waals surface area (Å²) >= 11 is 0. The van der Waals surface area contributed by atoms with Crippen molar-refractivity contribution in [2.24, 2.45) is 0 Å². The van der Waals surface area contributed by atoms with Gasteiger partial charge in [-0.1, -0.05) is 19.4 Å². The van der Waals surface area contributed by atoms with Gasteiger partial charge in [0.25, 0.3) is 0 Å². The Kier molecular flexibility index (Phi) is 8.68. The SMILES string of the molecule is CCCCNS(=O)(=O)c1ccc(N2CCC(NC[C@H](O)COc3cccc4[nH]c(=O)[nH]c34)CC2)cc1. The predicted molar refractivity (Wildman–Crippen MR) is 140 cm³/mol. The molecule has 0 amide bonds. The number of anilines is 1. The van der Waals surface area contributed by atoms with E-state index in [4.69, 9.17) is 4.74 Å². The van der Waals surface area contributed by atoms with Crippen molar-refractivity contribution in [2.45, 2.75) is 49.6 Å². The molecule has 2 heterocycles. The first-order valence-electron chi connectivity index (χ1n) is 12.5. The van der Waals surface area contributed by atoms with Gasteiger partial charge in [0, 0.05) is 37.9 Å². The summed E-state index contributed by atoms with van der Waals surface area (Å²) in [6, 6.07) is 12.7. The Hall–Kier alpha value is -2.86. The Bertz CT molecular complexity index is 1280. The summed E-state index contributed by atoms with van der Waals surface area (Å²) in [7, 11) is -3.47. The zero-order chi connectivity index (χ0) is 25.5. The average molecular weight is 518 g/mol. The summed E-state index contributed by atoms with van der Waals surface area (Å²) in [5.41, 5.74) is 1.96. The zero-order valence-electron chi connectivity index (χ0n) is 20.5. The Balaban J connectivity index is 1.20. The van der Waals surface area contributed by atoms with Crippen molar-refractivity contribution in [3.05, 3.63) is 52.9 Å². The first-order chi connectivity index (χ1) is 17.4. The highest BCUT2D eigenvalue weighted by Gasteiger charge is 2.21. The van der Waals surface area contributed by atoms with Crippen molar-refractivity contribution in [3.8, 4) is 5.75 Å². The van der Waals surface area contributed by atoms with Crippen LogP contribution in [0.4, 0.5) is 5.69 Å². The first-order valence-corrected chi connectivity index (χ1v) is 13.9. The number of benzene rings is 2. The molecule has 4 rings (SSSR count). The first kappa shape index (κ1) is 26.2. The second kappa shape index (κ2) is 11.9. The number of aliphatic hydroxyl groups is 1. The number of piperidine rings is 1. The number of unbranched alkanes of at least 4 members (excludes halogenated alkanes) is 1. The van der Waals surface area contributed by atoms with E-state index in [-0.39, 0.29) is 23.2 Å². The van der Waals surface area contributed by atoms with Gasteiger partial charge in [-0.15, -0.1) is 0 Å². The van der Waals surface area contributed by atoms with E-state index in [0.717, 1.165) is 44.5 Å². The highest BCUT2D eigenvalue weighted by atomic mass is 32.2. The molecule has 1 aliphatic heterocycles. The number of nitrogens with one attached hydrogen (secondary N) is 4. The minimum atomic E-state index is -3.47. The lowest BCUT2D eigenvalue weighted by atomic mass is 10.0. The normalized spacial score (nSPS) is 15.9. The number of hydrogen-bond donors (Lipinski definition) is 5. The lowest BCUT2D eigenvalue weighted by Crippen LogP contribution is -2.45. The van der Waals surface area contributed by atoms with Gasteiger partial charge in [-0.25, -0.2) is 17.9 Å². The monoisotopic (exact) mass is 517 g/mol. The Morgan fingerprint density at radius 1 is 1.14 bits per heavy atom. The number of aliphatic hydroxyl groups excluding tert-OH is 1. The van der Waals surface area contributed by atoms with Crippen LogP contribution in [0.3, 0.4) is 0 Å². The number of hydrogen-bond acceptors (Lipinski definition) is 7. The predicted octanol–water partition coefficient (Wildman–Crippen LogP) is 1.93. The summed E-state index contributed by atoms with van der Waals surface area (Å²) < 4.78 is 33.1. The van der Waals surface area contributed by atoms with E-state index >= 15 is 0 Å². The maximum Gasteiger partial charge on any atom is 0.323 e. The molecule has 0 spiro atoms. The third kappa shape index (κ3) is 6.67. The third-order valence-electron chi connectivity index (χ3n) is 6.42. The van der Waals surface area contributed by atoms with Gasteiger partial charge in [0.05, 0.1) is 10.4 Å². The fourth-order valence-corrected chi connectivity index (χ4v) is 5.42. The number of aromatic amines is 2. The number of H-pyrrole nitrogens is 2. The van der Waals surface area contributed by atoms with Crippen LogP contribution in [-0.2, 0) is 10.0 Å². The van der Waals surface area contributed by atoms with Gasteiger partial charge in [0.15, 0.2) is 0 Å². The van der Waals surface area contributed by atoms with Crippen molar-refractivity contribution in [2.75, 3.05) is 37.7 Å². The molecule has 0 unspecified atom stereocenters. The number of para-hydroxylation sites is 1. The van der Waals surface area contributed by atoms with Gasteiger partial charge in [-0.05, 0) is 55.7 Å². The number of fused-ring (bicyclic) bond motifs is 1. The lowest BCUT2D eigenvalue weighted by Gasteiger charge is -2.34. The van der Waals surface area contributed by atoms with Gasteiger partial charge in [0.1, 0.15) is 24.0 Å². The average Bonchev–Trinajstić information content (AvgIpc) is 3.27. The highest BCUT2D eigenvalue weighted by molar-refractivity contribution is 7.89. The topological polar surface area (TPSA) is 140 Å². The molecule has 36 heavy (non-hydrogen) atoms. The molecule has 1 aromatic heterocycles. The molecule has 196 valence electrons. The molecule has 11 heteroatoms. The zero-order valence-corrected chi connectivity index (χ0v) is 21.3. The highest BCUT2D eigenvalue weighted by Crippen LogP contribution is 2.23. The fourth-order valence-electron chi connectivity index (χ4n) is 4.34. The molecule has 2 aromatic carbocycles. The summed E-state index contributed by atoms with van der Waals surface area (Å²) in [6.07, 6.45) is 2.89. The van der Waals surface area contributed by atoms with Crippen LogP contribution < -0.4 is 25.4 Å². The maximum atomic E-state index is 12.4. The lowest BCUT2D eigenvalue weighted by molar-refractivity contribution is 0.103. The molecule has 0 bridgehead atoms. The molecule has 5 N–H and O–H groups in total. The molecule has 10 nitrogen and oxygen atoms in total. The van der Waals surface area contributed by atoms with Gasteiger partial charge in [0.2, 0.25) is 10.0 Å². The fraction of sp³-hybridized carbons (Fsp3) is 0.480. The van der Waals surface area contributed by atoms with E-state index in [1.165, 1.54) is 0 Å². The molecular weight excluding hydrogens is 482 g/mol. The van der Waals surface area contributed by atoms with Gasteiger partial charge in [-0.2, -0.15) is 0 Å². The standard InChI is InChI=1S/C25H35N5O5S/c1-2-3-13-27-36(33,34)21-9-7-19(8-10-21)30-14-11-18(12-15-30)26-16-20(31)17-35-23-6-4-5-22-24(23)29-25(32)28-22/h4-10,18,20,26-27,31H,2-3,11-17H2,1H3,(H2,28,29,32)/t20-/m0/s1. The smallest absolute Gasteiger partial charge is 0.323 e. The molecule has 1 fully saturated rings. The maximum absolute atomic E-state index is 12.4. The van der Waals surface area contributed by atoms with Crippen molar-refractivity contribution in [1.82, 2.24) is 20.0 Å². The van der Waals surface area contributed by atoms with Crippen molar-refractivity contribution in [1.29, 1.82) is 0 Å². The van der Waals surface area contributed by atoms with Gasteiger partial charge < -0.3 is 30.0 Å². The minimum absolute atomic E-state index is 0.112. The van der Waals surface area contributed by atoms with Crippen LogP contribution in [0.5, 0.6) is 5.75 Å². The number of nitrogens with zero attached hydrogens (tertiary/aromatic N) is 1. The number of imidazole rings is 1. The van der Waals surface area contributed by atoms with Crippen LogP contribution in [0.25, 0.3) is 11.0 Å². The van der Waals surface area contributed by atoms with Crippen molar-refractivity contribution in [3.63, 3.8) is 0 Å². The molecule has 0 saturated carbocycles. The second-order valence-corrected chi connectivity index (χ2v) is 10.9. The van der Waals surface area contributed by atoms with E-state index in [1.54, 1.807) is 30.3 Å². The minimum Gasteiger partial charge on any atom is -0.489 e. The number of ether oxygens (including phenoxy) is 1. The Labute approximate surface area is 211 Å². The van der Waals surface area contributed by atoms with Crippen LogP contribution in [0.15, 0.2) is 52.2 Å². The Morgan fingerprint density at radius 3 is 2.61 bits per heavy atom. The summed E-state index contributed by atoms with van der Waals surface area (Å²) in [4.78, 5) is 19.4. The van der Waals surface area contributed by atoms with E-state index in [0.29, 0.717) is 29.9 Å². The molecule has 0 aliphatic carbocycles. The third-order valence-corrected chi connectivity index (χ3v) is 7.89. The van der Waals surface area contributed by atoms with E-state index in [2.05, 4.69) is 24.9 Å². The molecule has 0 radical (unpaired) electrons. The van der Waals surface area contributed by atoms with Crippen LogP contribution in [-0.4, -0.2) is 68.4 Å². The van der Waals surface area contributed by atoms with Crippen LogP contribution in [0.1, 0.15) is 32.6 Å². The number of rotatable bonds is 12. The van der Waals surface area contributed by atoms with Crippen molar-refractivity contribution < 1.29 is 18.3 Å². The molecule has 1 aliphatic rings. The van der Waals surface area contributed by atoms with Gasteiger partial charge >= 0.3 is 5.69 Å². The summed E-state index contributed by atoms with van der Waals surface area (Å²) in [5, 5.41) is 13.8. The van der Waals surface area contributed by atoms with Gasteiger partial charge in [-0.3, -0.25) is 0 Å². The summed E-state index contributed by atoms with van der Waals surface area (Å²) in [6.45, 7) is 4.67. The van der Waals surface area contributed by atoms with Crippen LogP contribution in [0, 0.1) is 0 Å². The second-order valence-electron chi connectivity index (χ2n) is 9.14. The molecule has 3 aromatic rings. The molecule has 1 saturated heterocycles. The largest absolute Gasteiger partial charge is 0.489 e. The van der Waals surface area contributed by atoms with Crippen LogP contribution >= 0.6 is 0 Å². The molecule has 1 atom stereocenters. The van der Waals surface area contributed by atoms with E-state index in [1.807, 2.05) is 19.1 Å². The number of sulfonamides is 1. The van der Waals surface area contributed by atoms with E-state index in [9.17, 15) is 18.3 Å². The molecular formula is C25H35N5O5S. The number of aromatic nitrogens is 2. The van der Waals surface area contributed by atoms with Crippen molar-refractivity contribution >= 4 is 26.7 Å². The quantitative estimate of drug-likeness (QED) is 0.231.